The van der Waals surface area contributed by atoms with Crippen LogP contribution in [0.4, 0.5) is 13.2 Å². The standard InChI is InChI=1S/C15H18F3NO2/c1-10(19-14(6-7-14)15(16,17)18)2-3-11-4-5-12-13(8-11)21-9-20-12/h4-5,8,10,19H,2-3,6-7,9H2,1H3. The van der Waals surface area contributed by atoms with E-state index in [1.165, 1.54) is 0 Å². The molecule has 0 bridgehead atoms. The molecule has 0 amide bonds. The average Bonchev–Trinajstić information content (AvgIpc) is 3.05. The molecule has 6 heteroatoms. The summed E-state index contributed by atoms with van der Waals surface area (Å²) in [6.45, 7) is 2.03. The van der Waals surface area contributed by atoms with Crippen molar-refractivity contribution < 1.29 is 22.6 Å². The monoisotopic (exact) mass is 301 g/mol. The summed E-state index contributed by atoms with van der Waals surface area (Å²) in [5, 5.41) is 2.75. The van der Waals surface area contributed by atoms with Crippen LogP contribution in [-0.4, -0.2) is 24.6 Å². The summed E-state index contributed by atoms with van der Waals surface area (Å²) in [7, 11) is 0. The van der Waals surface area contributed by atoms with Crippen LogP contribution in [0.15, 0.2) is 18.2 Å². The van der Waals surface area contributed by atoms with Crippen molar-refractivity contribution in [3.63, 3.8) is 0 Å². The van der Waals surface area contributed by atoms with Crippen LogP contribution in [0.1, 0.15) is 31.7 Å². The van der Waals surface area contributed by atoms with E-state index < -0.39 is 11.7 Å². The van der Waals surface area contributed by atoms with Crippen LogP contribution in [0, 0.1) is 0 Å². The lowest BCUT2D eigenvalue weighted by molar-refractivity contribution is -0.167. The maximum atomic E-state index is 12.9. The maximum Gasteiger partial charge on any atom is 0.406 e. The predicted molar refractivity (Wildman–Crippen MR) is 71.5 cm³/mol. The number of alkyl halides is 3. The Labute approximate surface area is 121 Å². The molecule has 1 N–H and O–H groups in total. The average molecular weight is 301 g/mol. The zero-order valence-corrected chi connectivity index (χ0v) is 11.8. The van der Waals surface area contributed by atoms with E-state index in [0.29, 0.717) is 18.6 Å². The molecule has 1 unspecified atom stereocenters. The number of nitrogens with one attached hydrogen (secondary N) is 1. The van der Waals surface area contributed by atoms with Crippen molar-refractivity contribution in [3.8, 4) is 11.5 Å². The van der Waals surface area contributed by atoms with E-state index in [-0.39, 0.29) is 25.7 Å². The fraction of sp³-hybridized carbons (Fsp3) is 0.600. The van der Waals surface area contributed by atoms with E-state index in [0.717, 1.165) is 11.3 Å². The minimum Gasteiger partial charge on any atom is -0.454 e. The normalized spacial score (nSPS) is 20.4. The Morgan fingerprint density at radius 2 is 1.95 bits per heavy atom. The number of rotatable bonds is 5. The first-order valence-electron chi connectivity index (χ1n) is 7.13. The number of hydrogen-bond acceptors (Lipinski definition) is 3. The smallest absolute Gasteiger partial charge is 0.406 e. The molecule has 1 heterocycles. The van der Waals surface area contributed by atoms with Crippen LogP contribution in [0.3, 0.4) is 0 Å². The Balaban J connectivity index is 1.53. The van der Waals surface area contributed by atoms with E-state index in [9.17, 15) is 13.2 Å². The largest absolute Gasteiger partial charge is 0.454 e. The van der Waals surface area contributed by atoms with Crippen LogP contribution < -0.4 is 14.8 Å². The summed E-state index contributed by atoms with van der Waals surface area (Å²) in [6.07, 6.45) is -2.42. The topological polar surface area (TPSA) is 30.5 Å². The number of aryl methyl sites for hydroxylation is 1. The molecule has 116 valence electrons. The van der Waals surface area contributed by atoms with Gasteiger partial charge in [-0.1, -0.05) is 6.07 Å². The summed E-state index contributed by atoms with van der Waals surface area (Å²) < 4.78 is 49.2. The van der Waals surface area contributed by atoms with Crippen LogP contribution in [0.25, 0.3) is 0 Å². The van der Waals surface area contributed by atoms with Gasteiger partial charge in [-0.15, -0.1) is 0 Å². The SMILES string of the molecule is CC(CCc1ccc2c(c1)OCO2)NC1(C(F)(F)F)CC1. The lowest BCUT2D eigenvalue weighted by Crippen LogP contribution is -2.48. The summed E-state index contributed by atoms with van der Waals surface area (Å²) in [4.78, 5) is 0. The Bertz CT molecular complexity index is 526. The first-order valence-corrected chi connectivity index (χ1v) is 7.13. The third-order valence-corrected chi connectivity index (χ3v) is 4.12. The quantitative estimate of drug-likeness (QED) is 0.904. The number of hydrogen-bond donors (Lipinski definition) is 1. The molecule has 1 saturated carbocycles. The van der Waals surface area contributed by atoms with Crippen molar-refractivity contribution >= 4 is 0 Å². The molecule has 1 aliphatic heterocycles. The first kappa shape index (κ1) is 14.5. The molecule has 1 aliphatic carbocycles. The fourth-order valence-electron chi connectivity index (χ4n) is 2.66. The van der Waals surface area contributed by atoms with Crippen LogP contribution in [0.2, 0.25) is 0 Å². The van der Waals surface area contributed by atoms with Crippen LogP contribution >= 0.6 is 0 Å². The fourth-order valence-corrected chi connectivity index (χ4v) is 2.66. The zero-order valence-electron chi connectivity index (χ0n) is 11.8. The second kappa shape index (κ2) is 5.09. The van der Waals surface area contributed by atoms with Crippen molar-refractivity contribution in [1.82, 2.24) is 5.32 Å². The zero-order chi connectivity index (χ0) is 15.1. The van der Waals surface area contributed by atoms with Crippen molar-refractivity contribution in [3.05, 3.63) is 23.8 Å². The number of ether oxygens (including phenoxy) is 2. The third-order valence-electron chi connectivity index (χ3n) is 4.12. The van der Waals surface area contributed by atoms with Gasteiger partial charge < -0.3 is 14.8 Å². The van der Waals surface area contributed by atoms with Gasteiger partial charge in [0, 0.05) is 6.04 Å². The molecule has 0 aromatic heterocycles. The molecule has 1 aromatic carbocycles. The molecule has 3 nitrogen and oxygen atoms in total. The predicted octanol–water partition coefficient (Wildman–Crippen LogP) is 3.42. The summed E-state index contributed by atoms with van der Waals surface area (Å²) in [5.41, 5.74) is -0.592. The van der Waals surface area contributed by atoms with E-state index in [2.05, 4.69) is 5.32 Å². The van der Waals surface area contributed by atoms with Gasteiger partial charge in [-0.3, -0.25) is 0 Å². The number of halogens is 3. The molecule has 1 fully saturated rings. The van der Waals surface area contributed by atoms with Gasteiger partial charge in [-0.2, -0.15) is 13.2 Å². The van der Waals surface area contributed by atoms with E-state index >= 15 is 0 Å². The minimum absolute atomic E-state index is 0.181. The molecule has 3 rings (SSSR count). The van der Waals surface area contributed by atoms with E-state index in [1.54, 1.807) is 6.92 Å². The molecule has 21 heavy (non-hydrogen) atoms. The first-order chi connectivity index (χ1) is 9.90. The Morgan fingerprint density at radius 1 is 1.24 bits per heavy atom. The summed E-state index contributed by atoms with van der Waals surface area (Å²) in [5.74, 6) is 1.43. The third kappa shape index (κ3) is 2.95. The molecule has 2 aliphatic rings. The van der Waals surface area contributed by atoms with Crippen molar-refractivity contribution in [2.75, 3.05) is 6.79 Å². The highest BCUT2D eigenvalue weighted by Gasteiger charge is 2.63. The Kier molecular flexibility index (Phi) is 3.51. The Hall–Kier alpha value is -1.43. The minimum atomic E-state index is -4.15. The maximum absolute atomic E-state index is 12.9. The second-order valence-electron chi connectivity index (χ2n) is 5.85. The Morgan fingerprint density at radius 3 is 2.62 bits per heavy atom. The second-order valence-corrected chi connectivity index (χ2v) is 5.85. The van der Waals surface area contributed by atoms with Crippen LogP contribution in [-0.2, 0) is 6.42 Å². The van der Waals surface area contributed by atoms with Gasteiger partial charge in [-0.05, 0) is 50.3 Å². The van der Waals surface area contributed by atoms with Gasteiger partial charge in [0.05, 0.1) is 0 Å². The lowest BCUT2D eigenvalue weighted by atomic mass is 10.0. The number of benzene rings is 1. The van der Waals surface area contributed by atoms with Crippen LogP contribution in [0.5, 0.6) is 11.5 Å². The summed E-state index contributed by atoms with van der Waals surface area (Å²) >= 11 is 0. The van der Waals surface area contributed by atoms with Gasteiger partial charge in [-0.25, -0.2) is 0 Å². The highest BCUT2D eigenvalue weighted by Crippen LogP contribution is 2.49. The van der Waals surface area contributed by atoms with Crippen molar-refractivity contribution in [1.29, 1.82) is 0 Å². The van der Waals surface area contributed by atoms with Crippen molar-refractivity contribution in [2.45, 2.75) is 50.4 Å². The molecular formula is C15H18F3NO2. The summed E-state index contributed by atoms with van der Waals surface area (Å²) in [6, 6.07) is 5.48. The molecule has 0 saturated heterocycles. The van der Waals surface area contributed by atoms with Gasteiger partial charge in [0.15, 0.2) is 11.5 Å². The highest BCUT2D eigenvalue weighted by atomic mass is 19.4. The highest BCUT2D eigenvalue weighted by molar-refractivity contribution is 5.44. The molecule has 1 aromatic rings. The number of fused-ring (bicyclic) bond motifs is 1. The lowest BCUT2D eigenvalue weighted by Gasteiger charge is -2.25. The molecular weight excluding hydrogens is 283 g/mol. The van der Waals surface area contributed by atoms with Gasteiger partial charge in [0.1, 0.15) is 5.54 Å². The molecule has 0 radical (unpaired) electrons. The van der Waals surface area contributed by atoms with Gasteiger partial charge >= 0.3 is 6.18 Å². The van der Waals surface area contributed by atoms with Gasteiger partial charge in [0.25, 0.3) is 0 Å². The molecule has 0 spiro atoms. The molecule has 1 atom stereocenters. The van der Waals surface area contributed by atoms with E-state index in [1.807, 2.05) is 18.2 Å². The van der Waals surface area contributed by atoms with Crippen molar-refractivity contribution in [2.24, 2.45) is 0 Å². The van der Waals surface area contributed by atoms with E-state index in [4.69, 9.17) is 9.47 Å². The van der Waals surface area contributed by atoms with Gasteiger partial charge in [0.2, 0.25) is 6.79 Å².